The van der Waals surface area contributed by atoms with Crippen LogP contribution in [0.5, 0.6) is 0 Å². The number of carboxylic acids is 1. The van der Waals surface area contributed by atoms with Crippen LogP contribution in [-0.2, 0) is 9.59 Å². The molecule has 1 atom stereocenters. The number of rotatable bonds is 7. The number of amides is 1. The van der Waals surface area contributed by atoms with Crippen LogP contribution >= 0.6 is 0 Å². The van der Waals surface area contributed by atoms with Gasteiger partial charge in [-0.25, -0.2) is 4.79 Å². The maximum Gasteiger partial charge on any atom is 0.326 e. The van der Waals surface area contributed by atoms with Crippen molar-refractivity contribution in [2.24, 2.45) is 0 Å². The monoisotopic (exact) mass is 269 g/mol. The first-order chi connectivity index (χ1) is 9.16. The molecule has 0 aromatic rings. The summed E-state index contributed by atoms with van der Waals surface area (Å²) >= 11 is 0. The SMILES string of the molecule is CCCCCCCC(=O)N1CCCCCC1C(=O)O. The van der Waals surface area contributed by atoms with Gasteiger partial charge < -0.3 is 10.0 Å². The molecule has 4 heteroatoms. The number of likely N-dealkylation sites (tertiary alicyclic amines) is 1. The number of aliphatic carboxylic acids is 1. The number of hydrogen-bond donors (Lipinski definition) is 1. The largest absolute Gasteiger partial charge is 0.480 e. The first kappa shape index (κ1) is 16.0. The molecule has 1 amide bonds. The Labute approximate surface area is 116 Å². The molecule has 0 spiro atoms. The summed E-state index contributed by atoms with van der Waals surface area (Å²) in [5, 5.41) is 9.23. The number of carbonyl (C=O) groups excluding carboxylic acids is 1. The third kappa shape index (κ3) is 5.62. The average Bonchev–Trinajstić information content (AvgIpc) is 2.63. The fourth-order valence-corrected chi connectivity index (χ4v) is 2.69. The lowest BCUT2D eigenvalue weighted by atomic mass is 10.1. The predicted octanol–water partition coefficient (Wildman–Crippen LogP) is 3.20. The summed E-state index contributed by atoms with van der Waals surface area (Å²) in [5.74, 6) is -0.813. The Hall–Kier alpha value is -1.06. The lowest BCUT2D eigenvalue weighted by Crippen LogP contribution is -2.44. The Morgan fingerprint density at radius 1 is 1.11 bits per heavy atom. The van der Waals surface area contributed by atoms with Gasteiger partial charge in [0, 0.05) is 13.0 Å². The molecule has 1 unspecified atom stereocenters. The third-order valence-electron chi connectivity index (χ3n) is 3.85. The molecule has 1 rings (SSSR count). The molecule has 0 bridgehead atoms. The molecule has 1 heterocycles. The van der Waals surface area contributed by atoms with Gasteiger partial charge >= 0.3 is 5.97 Å². The molecule has 110 valence electrons. The molecular weight excluding hydrogens is 242 g/mol. The summed E-state index contributed by atoms with van der Waals surface area (Å²) in [7, 11) is 0. The smallest absolute Gasteiger partial charge is 0.326 e. The lowest BCUT2D eigenvalue weighted by molar-refractivity contribution is -0.150. The standard InChI is InChI=1S/C15H27NO3/c1-2-3-4-5-8-11-14(17)16-12-9-6-7-10-13(16)15(18)19/h13H,2-12H2,1H3,(H,18,19). The van der Waals surface area contributed by atoms with E-state index in [1.54, 1.807) is 4.90 Å². The van der Waals surface area contributed by atoms with Crippen molar-refractivity contribution in [2.45, 2.75) is 77.2 Å². The Bertz CT molecular complexity index is 291. The Kier molecular flexibility index (Phi) is 7.53. The molecule has 1 N–H and O–H groups in total. The minimum absolute atomic E-state index is 0.0331. The van der Waals surface area contributed by atoms with Gasteiger partial charge in [-0.2, -0.15) is 0 Å². The van der Waals surface area contributed by atoms with E-state index in [0.29, 0.717) is 19.4 Å². The van der Waals surface area contributed by atoms with Crippen molar-refractivity contribution in [3.8, 4) is 0 Å². The fraction of sp³-hybridized carbons (Fsp3) is 0.867. The van der Waals surface area contributed by atoms with E-state index in [2.05, 4.69) is 6.92 Å². The number of unbranched alkanes of at least 4 members (excludes halogenated alkanes) is 4. The molecule has 1 fully saturated rings. The second kappa shape index (κ2) is 8.94. The fourth-order valence-electron chi connectivity index (χ4n) is 2.69. The van der Waals surface area contributed by atoms with Gasteiger partial charge in [0.1, 0.15) is 6.04 Å². The number of carboxylic acid groups (broad SMARTS) is 1. The minimum Gasteiger partial charge on any atom is -0.480 e. The van der Waals surface area contributed by atoms with Crippen molar-refractivity contribution in [2.75, 3.05) is 6.54 Å². The molecule has 0 aromatic heterocycles. The summed E-state index contributed by atoms with van der Waals surface area (Å²) in [5.41, 5.74) is 0. The van der Waals surface area contributed by atoms with Gasteiger partial charge in [-0.3, -0.25) is 4.79 Å². The Balaban J connectivity index is 2.40. The van der Waals surface area contributed by atoms with Crippen LogP contribution in [0, 0.1) is 0 Å². The topological polar surface area (TPSA) is 57.6 Å². The second-order valence-electron chi connectivity index (χ2n) is 5.45. The Morgan fingerprint density at radius 3 is 2.53 bits per heavy atom. The van der Waals surface area contributed by atoms with Crippen molar-refractivity contribution in [3.63, 3.8) is 0 Å². The highest BCUT2D eigenvalue weighted by Crippen LogP contribution is 2.19. The first-order valence-corrected chi connectivity index (χ1v) is 7.69. The van der Waals surface area contributed by atoms with Gasteiger partial charge in [0.25, 0.3) is 0 Å². The van der Waals surface area contributed by atoms with Gasteiger partial charge in [-0.15, -0.1) is 0 Å². The zero-order chi connectivity index (χ0) is 14.1. The van der Waals surface area contributed by atoms with Crippen molar-refractivity contribution in [1.82, 2.24) is 4.90 Å². The molecular formula is C15H27NO3. The van der Waals surface area contributed by atoms with E-state index in [1.165, 1.54) is 19.3 Å². The predicted molar refractivity (Wildman–Crippen MR) is 75.0 cm³/mol. The summed E-state index contributed by atoms with van der Waals surface area (Å²) in [6, 6.07) is -0.592. The quantitative estimate of drug-likeness (QED) is 0.722. The maximum absolute atomic E-state index is 12.2. The summed E-state index contributed by atoms with van der Waals surface area (Å²) < 4.78 is 0. The molecule has 19 heavy (non-hydrogen) atoms. The molecule has 1 saturated heterocycles. The van der Waals surface area contributed by atoms with Crippen LogP contribution in [-0.4, -0.2) is 34.5 Å². The lowest BCUT2D eigenvalue weighted by Gasteiger charge is -2.27. The molecule has 0 aliphatic carbocycles. The van der Waals surface area contributed by atoms with Crippen LogP contribution in [0.25, 0.3) is 0 Å². The van der Waals surface area contributed by atoms with Crippen molar-refractivity contribution in [1.29, 1.82) is 0 Å². The summed E-state index contributed by atoms with van der Waals surface area (Å²) in [6.07, 6.45) is 9.55. The third-order valence-corrected chi connectivity index (χ3v) is 3.85. The van der Waals surface area contributed by atoms with E-state index >= 15 is 0 Å². The van der Waals surface area contributed by atoms with Crippen LogP contribution in [0.2, 0.25) is 0 Å². The van der Waals surface area contributed by atoms with E-state index in [9.17, 15) is 14.7 Å². The van der Waals surface area contributed by atoms with E-state index in [4.69, 9.17) is 0 Å². The van der Waals surface area contributed by atoms with Gasteiger partial charge in [0.05, 0.1) is 0 Å². The van der Waals surface area contributed by atoms with E-state index in [0.717, 1.165) is 32.1 Å². The number of carbonyl (C=O) groups is 2. The van der Waals surface area contributed by atoms with Gasteiger partial charge in [0.2, 0.25) is 5.91 Å². The van der Waals surface area contributed by atoms with Gasteiger partial charge in [-0.1, -0.05) is 45.4 Å². The van der Waals surface area contributed by atoms with Crippen LogP contribution in [0.1, 0.15) is 71.1 Å². The highest BCUT2D eigenvalue weighted by Gasteiger charge is 2.30. The van der Waals surface area contributed by atoms with Crippen molar-refractivity contribution in [3.05, 3.63) is 0 Å². The molecule has 0 radical (unpaired) electrons. The molecule has 0 aromatic carbocycles. The highest BCUT2D eigenvalue weighted by atomic mass is 16.4. The van der Waals surface area contributed by atoms with Crippen LogP contribution in [0.15, 0.2) is 0 Å². The summed E-state index contributed by atoms with van der Waals surface area (Å²) in [4.78, 5) is 25.0. The van der Waals surface area contributed by atoms with Crippen LogP contribution < -0.4 is 0 Å². The maximum atomic E-state index is 12.2. The van der Waals surface area contributed by atoms with Gasteiger partial charge in [0.15, 0.2) is 0 Å². The van der Waals surface area contributed by atoms with Crippen molar-refractivity contribution >= 4 is 11.9 Å². The zero-order valence-electron chi connectivity index (χ0n) is 12.1. The van der Waals surface area contributed by atoms with Gasteiger partial charge in [-0.05, 0) is 19.3 Å². The van der Waals surface area contributed by atoms with E-state index in [1.807, 2.05) is 0 Å². The average molecular weight is 269 g/mol. The van der Waals surface area contributed by atoms with E-state index in [-0.39, 0.29) is 5.91 Å². The zero-order valence-corrected chi connectivity index (χ0v) is 12.1. The normalized spacial score (nSPS) is 20.1. The first-order valence-electron chi connectivity index (χ1n) is 7.69. The molecule has 4 nitrogen and oxygen atoms in total. The minimum atomic E-state index is -0.846. The van der Waals surface area contributed by atoms with Crippen molar-refractivity contribution < 1.29 is 14.7 Å². The highest BCUT2D eigenvalue weighted by molar-refractivity contribution is 5.83. The number of hydrogen-bond acceptors (Lipinski definition) is 2. The van der Waals surface area contributed by atoms with Crippen LogP contribution in [0.3, 0.4) is 0 Å². The molecule has 1 aliphatic heterocycles. The number of nitrogens with zero attached hydrogens (tertiary/aromatic N) is 1. The molecule has 1 aliphatic rings. The summed E-state index contributed by atoms with van der Waals surface area (Å²) in [6.45, 7) is 2.78. The molecule has 0 saturated carbocycles. The van der Waals surface area contributed by atoms with Crippen LogP contribution in [0.4, 0.5) is 0 Å². The van der Waals surface area contributed by atoms with E-state index < -0.39 is 12.0 Å². The Morgan fingerprint density at radius 2 is 1.84 bits per heavy atom. The second-order valence-corrected chi connectivity index (χ2v) is 5.45.